The first-order valence-electron chi connectivity index (χ1n) is 6.54. The molecule has 2 aromatic rings. The van der Waals surface area contributed by atoms with Gasteiger partial charge in [-0.15, -0.1) is 0 Å². The van der Waals surface area contributed by atoms with Gasteiger partial charge in [0.2, 0.25) is 5.89 Å². The minimum atomic E-state index is -0.245. The number of aromatic amines is 1. The molecular weight excluding hydrogens is 256 g/mol. The summed E-state index contributed by atoms with van der Waals surface area (Å²) in [6.07, 6.45) is 0. The summed E-state index contributed by atoms with van der Waals surface area (Å²) in [7, 11) is 0. The third-order valence-electron chi connectivity index (χ3n) is 3.09. The van der Waals surface area contributed by atoms with Gasteiger partial charge in [-0.05, 0) is 19.9 Å². The second kappa shape index (κ2) is 5.11. The summed E-state index contributed by atoms with van der Waals surface area (Å²) >= 11 is 0. The molecule has 0 atom stereocenters. The molecule has 0 saturated carbocycles. The van der Waals surface area contributed by atoms with Crippen molar-refractivity contribution in [2.45, 2.75) is 46.6 Å². The van der Waals surface area contributed by atoms with Crippen molar-refractivity contribution in [3.05, 3.63) is 34.8 Å². The molecule has 1 amide bonds. The zero-order valence-corrected chi connectivity index (χ0v) is 12.5. The van der Waals surface area contributed by atoms with Crippen LogP contribution in [0.1, 0.15) is 54.3 Å². The van der Waals surface area contributed by atoms with Gasteiger partial charge in [-0.25, -0.2) is 4.98 Å². The standard InChI is InChI=1S/C14H20N4O2/c1-8-9(2)20-12(16-8)7-15-13(19)10-6-11(18-17-10)14(3,4)5/h6H,7H2,1-5H3,(H,15,19)(H,17,18). The highest BCUT2D eigenvalue weighted by atomic mass is 16.4. The lowest BCUT2D eigenvalue weighted by Gasteiger charge is -2.14. The SMILES string of the molecule is Cc1nc(CNC(=O)c2cc(C(C)(C)C)[nH]n2)oc1C. The summed E-state index contributed by atoms with van der Waals surface area (Å²) in [6, 6.07) is 1.77. The predicted molar refractivity (Wildman–Crippen MR) is 74.4 cm³/mol. The number of aromatic nitrogens is 3. The average Bonchev–Trinajstić information content (AvgIpc) is 2.94. The second-order valence-electron chi connectivity index (χ2n) is 5.85. The molecule has 2 heterocycles. The Labute approximate surface area is 118 Å². The van der Waals surface area contributed by atoms with E-state index in [1.54, 1.807) is 6.07 Å². The number of rotatable bonds is 3. The maximum Gasteiger partial charge on any atom is 0.272 e. The first-order chi connectivity index (χ1) is 9.27. The number of H-pyrrole nitrogens is 1. The van der Waals surface area contributed by atoms with Gasteiger partial charge in [0.05, 0.1) is 12.2 Å². The molecule has 6 heteroatoms. The molecule has 2 aromatic heterocycles. The Balaban J connectivity index is 2.00. The van der Waals surface area contributed by atoms with Crippen molar-refractivity contribution in [1.29, 1.82) is 0 Å². The zero-order valence-electron chi connectivity index (χ0n) is 12.5. The molecule has 20 heavy (non-hydrogen) atoms. The van der Waals surface area contributed by atoms with E-state index in [1.165, 1.54) is 0 Å². The van der Waals surface area contributed by atoms with Crippen LogP contribution in [0.4, 0.5) is 0 Å². The van der Waals surface area contributed by atoms with Gasteiger partial charge >= 0.3 is 0 Å². The van der Waals surface area contributed by atoms with Crippen molar-refractivity contribution in [3.8, 4) is 0 Å². The van der Waals surface area contributed by atoms with Gasteiger partial charge in [-0.3, -0.25) is 9.89 Å². The zero-order chi connectivity index (χ0) is 14.9. The van der Waals surface area contributed by atoms with E-state index in [0.29, 0.717) is 11.6 Å². The molecule has 0 aliphatic carbocycles. The molecule has 0 fully saturated rings. The number of amides is 1. The van der Waals surface area contributed by atoms with Gasteiger partial charge < -0.3 is 9.73 Å². The van der Waals surface area contributed by atoms with Crippen LogP contribution in [0.15, 0.2) is 10.5 Å². The van der Waals surface area contributed by atoms with Crippen LogP contribution in [0.5, 0.6) is 0 Å². The minimum absolute atomic E-state index is 0.0671. The average molecular weight is 276 g/mol. The molecule has 0 radical (unpaired) electrons. The number of hydrogen-bond acceptors (Lipinski definition) is 4. The molecule has 0 aliphatic rings. The molecule has 108 valence electrons. The lowest BCUT2D eigenvalue weighted by atomic mass is 9.92. The van der Waals surface area contributed by atoms with Crippen molar-refractivity contribution in [2.75, 3.05) is 0 Å². The highest BCUT2D eigenvalue weighted by Crippen LogP contribution is 2.20. The van der Waals surface area contributed by atoms with Crippen LogP contribution in [0, 0.1) is 13.8 Å². The second-order valence-corrected chi connectivity index (χ2v) is 5.85. The van der Waals surface area contributed by atoms with Gasteiger partial charge in [-0.2, -0.15) is 5.10 Å². The first-order valence-corrected chi connectivity index (χ1v) is 6.54. The van der Waals surface area contributed by atoms with E-state index in [-0.39, 0.29) is 17.9 Å². The van der Waals surface area contributed by atoms with Crippen molar-refractivity contribution < 1.29 is 9.21 Å². The normalized spacial score (nSPS) is 11.7. The maximum absolute atomic E-state index is 12.0. The molecule has 0 aliphatic heterocycles. The Morgan fingerprint density at radius 2 is 2.10 bits per heavy atom. The molecule has 2 N–H and O–H groups in total. The fraction of sp³-hybridized carbons (Fsp3) is 0.500. The Hall–Kier alpha value is -2.11. The lowest BCUT2D eigenvalue weighted by molar-refractivity contribution is 0.0942. The molecule has 0 aromatic carbocycles. The van der Waals surface area contributed by atoms with Crippen LogP contribution >= 0.6 is 0 Å². The Morgan fingerprint density at radius 3 is 2.60 bits per heavy atom. The Bertz CT molecular complexity index is 600. The van der Waals surface area contributed by atoms with E-state index in [1.807, 2.05) is 13.8 Å². The number of carbonyl (C=O) groups excluding carboxylic acids is 1. The van der Waals surface area contributed by atoms with E-state index in [0.717, 1.165) is 17.1 Å². The highest BCUT2D eigenvalue weighted by molar-refractivity contribution is 5.92. The van der Waals surface area contributed by atoms with Crippen LogP contribution in [0.2, 0.25) is 0 Å². The van der Waals surface area contributed by atoms with E-state index >= 15 is 0 Å². The van der Waals surface area contributed by atoms with Gasteiger partial charge in [0.25, 0.3) is 5.91 Å². The molecule has 0 saturated heterocycles. The van der Waals surface area contributed by atoms with Crippen molar-refractivity contribution in [1.82, 2.24) is 20.5 Å². The van der Waals surface area contributed by atoms with E-state index in [2.05, 4.69) is 41.3 Å². The number of nitrogens with one attached hydrogen (secondary N) is 2. The van der Waals surface area contributed by atoms with Crippen LogP contribution in [0.25, 0.3) is 0 Å². The third-order valence-corrected chi connectivity index (χ3v) is 3.09. The number of nitrogens with zero attached hydrogens (tertiary/aromatic N) is 2. The van der Waals surface area contributed by atoms with Crippen LogP contribution in [-0.4, -0.2) is 21.1 Å². The smallest absolute Gasteiger partial charge is 0.272 e. The van der Waals surface area contributed by atoms with Gasteiger partial charge in [0.1, 0.15) is 11.5 Å². The third kappa shape index (κ3) is 3.07. The van der Waals surface area contributed by atoms with E-state index in [9.17, 15) is 4.79 Å². The summed E-state index contributed by atoms with van der Waals surface area (Å²) in [5.41, 5.74) is 2.06. The minimum Gasteiger partial charge on any atom is -0.444 e. The van der Waals surface area contributed by atoms with Crippen LogP contribution < -0.4 is 5.32 Å². The largest absolute Gasteiger partial charge is 0.444 e. The van der Waals surface area contributed by atoms with Gasteiger partial charge in [0.15, 0.2) is 0 Å². The Morgan fingerprint density at radius 1 is 1.40 bits per heavy atom. The highest BCUT2D eigenvalue weighted by Gasteiger charge is 2.19. The summed E-state index contributed by atoms with van der Waals surface area (Å²) in [4.78, 5) is 16.2. The molecule has 2 rings (SSSR count). The number of hydrogen-bond donors (Lipinski definition) is 2. The van der Waals surface area contributed by atoms with E-state index in [4.69, 9.17) is 4.42 Å². The summed E-state index contributed by atoms with van der Waals surface area (Å²) in [5.74, 6) is 1.02. The number of carbonyl (C=O) groups is 1. The quantitative estimate of drug-likeness (QED) is 0.900. The topological polar surface area (TPSA) is 83.8 Å². The summed E-state index contributed by atoms with van der Waals surface area (Å²) in [5, 5.41) is 9.66. The fourth-order valence-corrected chi connectivity index (χ4v) is 1.68. The van der Waals surface area contributed by atoms with E-state index < -0.39 is 0 Å². The van der Waals surface area contributed by atoms with Crippen LogP contribution in [0.3, 0.4) is 0 Å². The van der Waals surface area contributed by atoms with Crippen molar-refractivity contribution >= 4 is 5.91 Å². The fourth-order valence-electron chi connectivity index (χ4n) is 1.68. The Kier molecular flexibility index (Phi) is 3.65. The molecule has 6 nitrogen and oxygen atoms in total. The first kappa shape index (κ1) is 14.3. The summed E-state index contributed by atoms with van der Waals surface area (Å²) in [6.45, 7) is 10.1. The molecular formula is C14H20N4O2. The molecule has 0 spiro atoms. The lowest BCUT2D eigenvalue weighted by Crippen LogP contribution is -2.23. The molecule has 0 bridgehead atoms. The number of oxazole rings is 1. The number of aryl methyl sites for hydroxylation is 2. The van der Waals surface area contributed by atoms with Crippen LogP contribution in [-0.2, 0) is 12.0 Å². The molecule has 0 unspecified atom stereocenters. The van der Waals surface area contributed by atoms with Gasteiger partial charge in [0, 0.05) is 11.1 Å². The predicted octanol–water partition coefficient (Wildman–Crippen LogP) is 2.24. The van der Waals surface area contributed by atoms with Crippen molar-refractivity contribution in [2.24, 2.45) is 0 Å². The maximum atomic E-state index is 12.0. The van der Waals surface area contributed by atoms with Gasteiger partial charge in [-0.1, -0.05) is 20.8 Å². The summed E-state index contributed by atoms with van der Waals surface area (Å²) < 4.78 is 5.41. The van der Waals surface area contributed by atoms with Crippen molar-refractivity contribution in [3.63, 3.8) is 0 Å². The monoisotopic (exact) mass is 276 g/mol.